The van der Waals surface area contributed by atoms with Gasteiger partial charge in [0.1, 0.15) is 11.9 Å². The number of hydrogen-bond acceptors (Lipinski definition) is 5. The highest BCUT2D eigenvalue weighted by Gasteiger charge is 2.33. The molecule has 6 nitrogen and oxygen atoms in total. The molecule has 164 valence electrons. The summed E-state index contributed by atoms with van der Waals surface area (Å²) in [6, 6.07) is 15.9. The second kappa shape index (κ2) is 9.96. The second-order valence-electron chi connectivity index (χ2n) is 8.28. The summed E-state index contributed by atoms with van der Waals surface area (Å²) in [6.45, 7) is 2.24. The van der Waals surface area contributed by atoms with Crippen molar-refractivity contribution in [3.8, 4) is 5.75 Å². The first-order valence-electron chi connectivity index (χ1n) is 11.1. The Balaban J connectivity index is 1.24. The Hall–Kier alpha value is -2.86. The smallest absolute Gasteiger partial charge is 0.337 e. The minimum absolute atomic E-state index is 0.0701. The predicted octanol–water partition coefficient (Wildman–Crippen LogP) is 3.34. The Morgan fingerprint density at radius 3 is 2.74 bits per heavy atom. The van der Waals surface area contributed by atoms with Crippen LogP contribution in [-0.2, 0) is 22.5 Å². The molecule has 2 aliphatic rings. The summed E-state index contributed by atoms with van der Waals surface area (Å²) >= 11 is 0. The lowest BCUT2D eigenvalue weighted by Gasteiger charge is -2.32. The SMILES string of the molecule is COC(=O)c1ccc(CNCC[C@@H]2CCC(=O)N2C[C@H]2CCc3ccccc3O2)cc1. The number of nitrogens with one attached hydrogen (secondary N) is 1. The van der Waals surface area contributed by atoms with E-state index in [-0.39, 0.29) is 24.0 Å². The number of aryl methyl sites for hydroxylation is 1. The third-order valence-corrected chi connectivity index (χ3v) is 6.21. The molecule has 0 unspecified atom stereocenters. The van der Waals surface area contributed by atoms with Gasteiger partial charge in [-0.05, 0) is 61.6 Å². The van der Waals surface area contributed by atoms with Crippen molar-refractivity contribution in [1.29, 1.82) is 0 Å². The summed E-state index contributed by atoms with van der Waals surface area (Å²) in [6.07, 6.45) is 4.49. The van der Waals surface area contributed by atoms with Gasteiger partial charge in [-0.1, -0.05) is 30.3 Å². The quantitative estimate of drug-likeness (QED) is 0.522. The van der Waals surface area contributed by atoms with Gasteiger partial charge in [-0.2, -0.15) is 0 Å². The normalized spacial score (nSPS) is 20.3. The first-order chi connectivity index (χ1) is 15.1. The maximum atomic E-state index is 12.5. The standard InChI is InChI=1S/C25H30N2O4/c1-30-25(29)20-8-6-18(7-9-20)16-26-15-14-21-11-13-24(28)27(21)17-22-12-10-19-4-2-3-5-23(19)31-22/h2-9,21-22,26H,10-17H2,1H3/t21-,22+/m0/s1. The minimum atomic E-state index is -0.323. The zero-order valence-corrected chi connectivity index (χ0v) is 18.0. The molecule has 2 atom stereocenters. The number of benzene rings is 2. The van der Waals surface area contributed by atoms with Crippen molar-refractivity contribution in [2.45, 2.75) is 50.8 Å². The molecule has 1 amide bonds. The molecule has 0 spiro atoms. The van der Waals surface area contributed by atoms with Crippen LogP contribution in [0.4, 0.5) is 0 Å². The Morgan fingerprint density at radius 1 is 1.13 bits per heavy atom. The Bertz CT molecular complexity index is 912. The number of esters is 1. The first-order valence-corrected chi connectivity index (χ1v) is 11.1. The zero-order valence-electron chi connectivity index (χ0n) is 18.0. The number of ether oxygens (including phenoxy) is 2. The predicted molar refractivity (Wildman–Crippen MR) is 118 cm³/mol. The lowest BCUT2D eigenvalue weighted by atomic mass is 10.0. The van der Waals surface area contributed by atoms with Gasteiger partial charge in [0.2, 0.25) is 5.91 Å². The van der Waals surface area contributed by atoms with Crippen LogP contribution in [0, 0.1) is 0 Å². The third-order valence-electron chi connectivity index (χ3n) is 6.21. The fourth-order valence-electron chi connectivity index (χ4n) is 4.45. The average molecular weight is 423 g/mol. The molecule has 31 heavy (non-hydrogen) atoms. The molecule has 6 heteroatoms. The number of fused-ring (bicyclic) bond motifs is 1. The van der Waals surface area contributed by atoms with Crippen molar-refractivity contribution < 1.29 is 19.1 Å². The second-order valence-corrected chi connectivity index (χ2v) is 8.28. The molecule has 1 saturated heterocycles. The molecule has 1 N–H and O–H groups in total. The summed E-state index contributed by atoms with van der Waals surface area (Å²) in [5.74, 6) is 0.878. The number of methoxy groups -OCH3 is 1. The van der Waals surface area contributed by atoms with Gasteiger partial charge < -0.3 is 19.7 Å². The Morgan fingerprint density at radius 2 is 1.94 bits per heavy atom. The van der Waals surface area contributed by atoms with E-state index in [1.54, 1.807) is 12.1 Å². The molecule has 0 bridgehead atoms. The number of likely N-dealkylation sites (tertiary alicyclic amines) is 1. The van der Waals surface area contributed by atoms with Crippen LogP contribution < -0.4 is 10.1 Å². The summed E-state index contributed by atoms with van der Waals surface area (Å²) in [5, 5.41) is 3.46. The van der Waals surface area contributed by atoms with E-state index in [1.807, 2.05) is 35.2 Å². The Kier molecular flexibility index (Phi) is 6.87. The van der Waals surface area contributed by atoms with Gasteiger partial charge in [-0.25, -0.2) is 4.79 Å². The summed E-state index contributed by atoms with van der Waals surface area (Å²) in [7, 11) is 1.38. The molecular formula is C25H30N2O4. The van der Waals surface area contributed by atoms with Gasteiger partial charge in [0.25, 0.3) is 0 Å². The number of carbonyl (C=O) groups is 2. The molecular weight excluding hydrogens is 392 g/mol. The number of rotatable bonds is 8. The molecule has 4 rings (SSSR count). The van der Waals surface area contributed by atoms with Gasteiger partial charge in [-0.3, -0.25) is 4.79 Å². The third kappa shape index (κ3) is 5.25. The lowest BCUT2D eigenvalue weighted by molar-refractivity contribution is -0.130. The average Bonchev–Trinajstić information content (AvgIpc) is 3.15. The maximum absolute atomic E-state index is 12.5. The van der Waals surface area contributed by atoms with Gasteiger partial charge in [0.05, 0.1) is 19.2 Å². The van der Waals surface area contributed by atoms with Crippen LogP contribution in [0.1, 0.15) is 47.2 Å². The van der Waals surface area contributed by atoms with Crippen molar-refractivity contribution in [2.24, 2.45) is 0 Å². The molecule has 2 aromatic rings. The number of carbonyl (C=O) groups excluding carboxylic acids is 2. The van der Waals surface area contributed by atoms with Gasteiger partial charge in [-0.15, -0.1) is 0 Å². The topological polar surface area (TPSA) is 67.9 Å². The highest BCUT2D eigenvalue weighted by atomic mass is 16.5. The van der Waals surface area contributed by atoms with Gasteiger partial charge in [0.15, 0.2) is 0 Å². The summed E-state index contributed by atoms with van der Waals surface area (Å²) in [5.41, 5.74) is 2.92. The molecule has 0 aliphatic carbocycles. The highest BCUT2D eigenvalue weighted by Crippen LogP contribution is 2.29. The molecule has 0 radical (unpaired) electrons. The molecule has 2 aliphatic heterocycles. The van der Waals surface area contributed by atoms with Crippen molar-refractivity contribution in [2.75, 3.05) is 20.2 Å². The van der Waals surface area contributed by atoms with Crippen LogP contribution in [-0.4, -0.2) is 49.1 Å². The van der Waals surface area contributed by atoms with Crippen LogP contribution in [0.5, 0.6) is 5.75 Å². The van der Waals surface area contributed by atoms with E-state index in [1.165, 1.54) is 12.7 Å². The van der Waals surface area contributed by atoms with E-state index in [0.29, 0.717) is 18.5 Å². The number of amides is 1. The van der Waals surface area contributed by atoms with E-state index in [0.717, 1.165) is 50.1 Å². The maximum Gasteiger partial charge on any atom is 0.337 e. The van der Waals surface area contributed by atoms with E-state index >= 15 is 0 Å². The van der Waals surface area contributed by atoms with E-state index in [4.69, 9.17) is 9.47 Å². The van der Waals surface area contributed by atoms with Crippen LogP contribution in [0.15, 0.2) is 48.5 Å². The summed E-state index contributed by atoms with van der Waals surface area (Å²) < 4.78 is 10.9. The van der Waals surface area contributed by atoms with Crippen molar-refractivity contribution in [1.82, 2.24) is 10.2 Å². The monoisotopic (exact) mass is 422 g/mol. The molecule has 2 heterocycles. The molecule has 0 saturated carbocycles. The van der Waals surface area contributed by atoms with Crippen LogP contribution in [0.2, 0.25) is 0 Å². The van der Waals surface area contributed by atoms with Crippen LogP contribution in [0.25, 0.3) is 0 Å². The van der Waals surface area contributed by atoms with Crippen molar-refractivity contribution in [3.63, 3.8) is 0 Å². The fourth-order valence-corrected chi connectivity index (χ4v) is 4.45. The minimum Gasteiger partial charge on any atom is -0.488 e. The number of para-hydroxylation sites is 1. The number of hydrogen-bond donors (Lipinski definition) is 1. The van der Waals surface area contributed by atoms with Gasteiger partial charge >= 0.3 is 5.97 Å². The summed E-state index contributed by atoms with van der Waals surface area (Å²) in [4.78, 5) is 26.0. The van der Waals surface area contributed by atoms with E-state index in [9.17, 15) is 9.59 Å². The first kappa shape index (κ1) is 21.4. The van der Waals surface area contributed by atoms with Crippen molar-refractivity contribution in [3.05, 3.63) is 65.2 Å². The zero-order chi connectivity index (χ0) is 21.6. The van der Waals surface area contributed by atoms with Gasteiger partial charge in [0, 0.05) is 19.0 Å². The number of nitrogens with zero attached hydrogens (tertiary/aromatic N) is 1. The van der Waals surface area contributed by atoms with Crippen LogP contribution >= 0.6 is 0 Å². The lowest BCUT2D eigenvalue weighted by Crippen LogP contribution is -2.43. The molecule has 1 fully saturated rings. The highest BCUT2D eigenvalue weighted by molar-refractivity contribution is 5.89. The van der Waals surface area contributed by atoms with Crippen LogP contribution in [0.3, 0.4) is 0 Å². The molecule has 2 aromatic carbocycles. The van der Waals surface area contributed by atoms with E-state index in [2.05, 4.69) is 11.4 Å². The molecule has 0 aromatic heterocycles. The Labute approximate surface area is 183 Å². The fraction of sp³-hybridized carbons (Fsp3) is 0.440. The van der Waals surface area contributed by atoms with Crippen molar-refractivity contribution >= 4 is 11.9 Å². The van der Waals surface area contributed by atoms with E-state index < -0.39 is 0 Å². The largest absolute Gasteiger partial charge is 0.488 e.